The van der Waals surface area contributed by atoms with Gasteiger partial charge in [0.25, 0.3) is 0 Å². The number of rotatable bonds is 1. The van der Waals surface area contributed by atoms with E-state index in [2.05, 4.69) is 15.0 Å². The lowest BCUT2D eigenvalue weighted by molar-refractivity contribution is -0.137. The molecule has 3 rings (SSSR count). The smallest absolute Gasteiger partial charge is 0.283 e. The van der Waals surface area contributed by atoms with Crippen LogP contribution in [0.25, 0.3) is 16.9 Å². The Morgan fingerprint density at radius 1 is 1.05 bits per heavy atom. The monoisotopic (exact) mass is 278 g/mol. The van der Waals surface area contributed by atoms with Crippen LogP contribution in [0, 0.1) is 6.92 Å². The normalized spacial score (nSPS) is 12.0. The van der Waals surface area contributed by atoms with Crippen molar-refractivity contribution in [2.45, 2.75) is 13.1 Å². The van der Waals surface area contributed by atoms with Crippen LogP contribution < -0.4 is 0 Å². The minimum Gasteiger partial charge on any atom is -0.283 e. The van der Waals surface area contributed by atoms with Crippen LogP contribution in [-0.2, 0) is 6.18 Å². The van der Waals surface area contributed by atoms with Gasteiger partial charge < -0.3 is 0 Å². The van der Waals surface area contributed by atoms with Crippen molar-refractivity contribution in [2.24, 2.45) is 0 Å². The highest BCUT2D eigenvalue weighted by atomic mass is 19.4. The summed E-state index contributed by atoms with van der Waals surface area (Å²) in [5.41, 5.74) is 1.04. The summed E-state index contributed by atoms with van der Waals surface area (Å²) in [6, 6.07) is 4.85. The molecule has 0 aliphatic carbocycles. The Kier molecular flexibility index (Phi) is 2.70. The number of aryl methyl sites for hydroxylation is 1. The Hall–Kier alpha value is -2.44. The third-order valence-corrected chi connectivity index (χ3v) is 2.88. The van der Waals surface area contributed by atoms with Gasteiger partial charge in [-0.05, 0) is 31.2 Å². The second-order valence-electron chi connectivity index (χ2n) is 4.29. The van der Waals surface area contributed by atoms with Crippen LogP contribution in [0.15, 0.2) is 36.8 Å². The predicted octanol–water partition coefficient (Wildman–Crippen LogP) is 3.14. The molecule has 0 fully saturated rings. The molecule has 0 aliphatic heterocycles. The van der Waals surface area contributed by atoms with Gasteiger partial charge in [-0.2, -0.15) is 13.2 Å². The molecule has 0 saturated carbocycles. The number of imidazole rings is 1. The number of fused-ring (bicyclic) bond motifs is 1. The van der Waals surface area contributed by atoms with Gasteiger partial charge in [0, 0.05) is 5.69 Å². The molecule has 4 nitrogen and oxygen atoms in total. The maximum Gasteiger partial charge on any atom is 0.416 e. The molecule has 2 heterocycles. The van der Waals surface area contributed by atoms with Crippen molar-refractivity contribution in [3.05, 3.63) is 48.2 Å². The van der Waals surface area contributed by atoms with E-state index in [1.807, 2.05) is 0 Å². The van der Waals surface area contributed by atoms with Crippen molar-refractivity contribution in [3.8, 4) is 5.69 Å². The molecule has 0 radical (unpaired) electrons. The molecule has 2 aromatic heterocycles. The van der Waals surface area contributed by atoms with Crippen molar-refractivity contribution in [3.63, 3.8) is 0 Å². The van der Waals surface area contributed by atoms with Crippen molar-refractivity contribution < 1.29 is 13.2 Å². The van der Waals surface area contributed by atoms with E-state index in [1.165, 1.54) is 18.5 Å². The lowest BCUT2D eigenvalue weighted by Crippen LogP contribution is -2.05. The number of hydrogen-bond acceptors (Lipinski definition) is 3. The Labute approximate surface area is 111 Å². The van der Waals surface area contributed by atoms with E-state index in [0.29, 0.717) is 22.7 Å². The Morgan fingerprint density at radius 2 is 1.75 bits per heavy atom. The van der Waals surface area contributed by atoms with Crippen molar-refractivity contribution in [1.82, 2.24) is 19.5 Å². The van der Waals surface area contributed by atoms with Gasteiger partial charge in [-0.15, -0.1) is 0 Å². The number of alkyl halides is 3. The fourth-order valence-electron chi connectivity index (χ4n) is 1.89. The zero-order valence-corrected chi connectivity index (χ0v) is 10.4. The van der Waals surface area contributed by atoms with Gasteiger partial charge in [0.15, 0.2) is 5.65 Å². The number of halogens is 3. The van der Waals surface area contributed by atoms with Crippen LogP contribution in [-0.4, -0.2) is 19.5 Å². The lowest BCUT2D eigenvalue weighted by atomic mass is 10.2. The second kappa shape index (κ2) is 4.29. The highest BCUT2D eigenvalue weighted by Crippen LogP contribution is 2.29. The molecule has 7 heteroatoms. The first-order chi connectivity index (χ1) is 9.45. The summed E-state index contributed by atoms with van der Waals surface area (Å²) in [6.45, 7) is 1.74. The van der Waals surface area contributed by atoms with Gasteiger partial charge in [-0.25, -0.2) is 15.0 Å². The Morgan fingerprint density at radius 3 is 2.40 bits per heavy atom. The number of hydrogen-bond donors (Lipinski definition) is 0. The van der Waals surface area contributed by atoms with Gasteiger partial charge in [0.2, 0.25) is 0 Å². The lowest BCUT2D eigenvalue weighted by Gasteiger charge is -2.08. The number of aromatic nitrogens is 4. The molecule has 1 aromatic carbocycles. The molecule has 0 bridgehead atoms. The largest absolute Gasteiger partial charge is 0.416 e. The summed E-state index contributed by atoms with van der Waals surface area (Å²) in [6.07, 6.45) is -1.24. The van der Waals surface area contributed by atoms with E-state index >= 15 is 0 Å². The zero-order valence-electron chi connectivity index (χ0n) is 10.4. The maximum absolute atomic E-state index is 12.5. The average molecular weight is 278 g/mol. The maximum atomic E-state index is 12.5. The van der Waals surface area contributed by atoms with E-state index in [0.717, 1.165) is 12.1 Å². The molecule has 0 atom stereocenters. The molecule has 20 heavy (non-hydrogen) atoms. The van der Waals surface area contributed by atoms with E-state index in [1.54, 1.807) is 17.7 Å². The molecule has 0 saturated heterocycles. The summed E-state index contributed by atoms with van der Waals surface area (Å²) >= 11 is 0. The van der Waals surface area contributed by atoms with Crippen LogP contribution in [0.5, 0.6) is 0 Å². The molecule has 0 N–H and O–H groups in total. The predicted molar refractivity (Wildman–Crippen MR) is 66.4 cm³/mol. The third kappa shape index (κ3) is 2.11. The summed E-state index contributed by atoms with van der Waals surface area (Å²) in [7, 11) is 0. The fourth-order valence-corrected chi connectivity index (χ4v) is 1.89. The van der Waals surface area contributed by atoms with Crippen LogP contribution >= 0.6 is 0 Å². The topological polar surface area (TPSA) is 43.6 Å². The highest BCUT2D eigenvalue weighted by Gasteiger charge is 2.30. The minimum atomic E-state index is -4.34. The van der Waals surface area contributed by atoms with Crippen molar-refractivity contribution >= 4 is 11.2 Å². The van der Waals surface area contributed by atoms with Gasteiger partial charge in [-0.3, -0.25) is 4.57 Å². The quantitative estimate of drug-likeness (QED) is 0.686. The molecule has 102 valence electrons. The third-order valence-electron chi connectivity index (χ3n) is 2.88. The SMILES string of the molecule is Cc1ncc2ncn(-c3ccc(C(F)(F)F)cc3)c2n1. The minimum absolute atomic E-state index is 0.567. The van der Waals surface area contributed by atoms with Crippen molar-refractivity contribution in [1.29, 1.82) is 0 Å². The van der Waals surface area contributed by atoms with Crippen LogP contribution in [0.4, 0.5) is 13.2 Å². The average Bonchev–Trinajstić information content (AvgIpc) is 2.81. The van der Waals surface area contributed by atoms with Gasteiger partial charge in [0.05, 0.1) is 11.8 Å². The first-order valence-corrected chi connectivity index (χ1v) is 5.79. The van der Waals surface area contributed by atoms with E-state index in [4.69, 9.17) is 0 Å². The first-order valence-electron chi connectivity index (χ1n) is 5.79. The molecule has 0 spiro atoms. The van der Waals surface area contributed by atoms with E-state index in [9.17, 15) is 13.2 Å². The highest BCUT2D eigenvalue weighted by molar-refractivity contribution is 5.71. The first kappa shape index (κ1) is 12.6. The Balaban J connectivity index is 2.09. The molecule has 0 amide bonds. The van der Waals surface area contributed by atoms with Crippen molar-refractivity contribution in [2.75, 3.05) is 0 Å². The molecule has 0 aliphatic rings. The van der Waals surface area contributed by atoms with Crippen LogP contribution in [0.1, 0.15) is 11.4 Å². The van der Waals surface area contributed by atoms with Crippen LogP contribution in [0.2, 0.25) is 0 Å². The molecular formula is C13H9F3N4. The summed E-state index contributed by atoms with van der Waals surface area (Å²) in [4.78, 5) is 12.4. The van der Waals surface area contributed by atoms with Gasteiger partial charge >= 0.3 is 6.18 Å². The number of nitrogens with zero attached hydrogens (tertiary/aromatic N) is 4. The fraction of sp³-hybridized carbons (Fsp3) is 0.154. The summed E-state index contributed by atoms with van der Waals surface area (Å²) in [5.74, 6) is 0.575. The van der Waals surface area contributed by atoms with Gasteiger partial charge in [0.1, 0.15) is 17.7 Å². The molecule has 3 aromatic rings. The summed E-state index contributed by atoms with van der Waals surface area (Å²) < 4.78 is 39.2. The Bertz CT molecular complexity index is 759. The van der Waals surface area contributed by atoms with E-state index < -0.39 is 11.7 Å². The second-order valence-corrected chi connectivity index (χ2v) is 4.29. The molecular weight excluding hydrogens is 269 g/mol. The van der Waals surface area contributed by atoms with Crippen LogP contribution in [0.3, 0.4) is 0 Å². The summed E-state index contributed by atoms with van der Waals surface area (Å²) in [5, 5.41) is 0. The van der Waals surface area contributed by atoms with E-state index in [-0.39, 0.29) is 0 Å². The zero-order chi connectivity index (χ0) is 14.3. The van der Waals surface area contributed by atoms with Gasteiger partial charge in [-0.1, -0.05) is 0 Å². The molecule has 0 unspecified atom stereocenters. The standard InChI is InChI=1S/C13H9F3N4/c1-8-17-6-11-12(19-8)20(7-18-11)10-4-2-9(3-5-10)13(14,15)16/h2-7H,1H3. The number of benzene rings is 1.